The van der Waals surface area contributed by atoms with Gasteiger partial charge >= 0.3 is 0 Å². The monoisotopic (exact) mass is 270 g/mol. The first kappa shape index (κ1) is 15.0. The molecule has 102 valence electrons. The zero-order valence-corrected chi connectivity index (χ0v) is 12.0. The third-order valence-electron chi connectivity index (χ3n) is 2.86. The second-order valence-corrected chi connectivity index (χ2v) is 6.37. The predicted octanol–water partition coefficient (Wildman–Crippen LogP) is 1.99. The summed E-state index contributed by atoms with van der Waals surface area (Å²) >= 11 is 0. The first-order valence-electron chi connectivity index (χ1n) is 6.31. The van der Waals surface area contributed by atoms with Gasteiger partial charge in [-0.05, 0) is 31.5 Å². The number of hydrogen-bond acceptors (Lipinski definition) is 3. The fourth-order valence-corrected chi connectivity index (χ4v) is 2.68. The highest BCUT2D eigenvalue weighted by atomic mass is 32.2. The zero-order chi connectivity index (χ0) is 13.6. The van der Waals surface area contributed by atoms with E-state index in [1.165, 1.54) is 0 Å². The molecule has 0 bridgehead atoms. The summed E-state index contributed by atoms with van der Waals surface area (Å²) < 4.78 is 26.9. The van der Waals surface area contributed by atoms with Crippen LogP contribution in [0.2, 0.25) is 0 Å². The SMILES string of the molecule is CCNCC(C)S(=O)(=O)Nc1ccccc1CC. The molecule has 18 heavy (non-hydrogen) atoms. The van der Waals surface area contributed by atoms with Gasteiger partial charge in [0.15, 0.2) is 0 Å². The molecule has 1 unspecified atom stereocenters. The minimum atomic E-state index is -3.33. The number of sulfonamides is 1. The highest BCUT2D eigenvalue weighted by Gasteiger charge is 2.20. The van der Waals surface area contributed by atoms with Gasteiger partial charge in [-0.25, -0.2) is 8.42 Å². The number of nitrogens with one attached hydrogen (secondary N) is 2. The summed E-state index contributed by atoms with van der Waals surface area (Å²) in [6, 6.07) is 7.49. The minimum absolute atomic E-state index is 0.456. The second kappa shape index (κ2) is 6.75. The molecule has 0 aliphatic heterocycles. The Morgan fingerprint density at radius 1 is 1.22 bits per heavy atom. The molecule has 0 spiro atoms. The third kappa shape index (κ3) is 3.99. The van der Waals surface area contributed by atoms with Crippen LogP contribution in [-0.4, -0.2) is 26.8 Å². The summed E-state index contributed by atoms with van der Waals surface area (Å²) in [5.41, 5.74) is 1.69. The summed E-state index contributed by atoms with van der Waals surface area (Å²) in [6.07, 6.45) is 0.806. The molecule has 1 aromatic carbocycles. The van der Waals surface area contributed by atoms with Gasteiger partial charge in [0.2, 0.25) is 10.0 Å². The molecule has 1 atom stereocenters. The summed E-state index contributed by atoms with van der Waals surface area (Å²) in [5, 5.41) is 2.59. The number of anilines is 1. The van der Waals surface area contributed by atoms with Gasteiger partial charge < -0.3 is 5.32 Å². The van der Waals surface area contributed by atoms with Crippen molar-refractivity contribution < 1.29 is 8.42 Å². The molecule has 0 aliphatic carbocycles. The molecular weight excluding hydrogens is 248 g/mol. The molecule has 0 heterocycles. The van der Waals surface area contributed by atoms with Crippen LogP contribution in [0.25, 0.3) is 0 Å². The lowest BCUT2D eigenvalue weighted by Crippen LogP contribution is -2.34. The number of aryl methyl sites for hydroxylation is 1. The average Bonchev–Trinajstić information content (AvgIpc) is 2.36. The highest BCUT2D eigenvalue weighted by Crippen LogP contribution is 2.18. The average molecular weight is 270 g/mol. The van der Waals surface area contributed by atoms with Gasteiger partial charge in [0.05, 0.1) is 10.9 Å². The molecule has 0 aliphatic rings. The van der Waals surface area contributed by atoms with Crippen LogP contribution < -0.4 is 10.0 Å². The number of rotatable bonds is 7. The Kier molecular flexibility index (Phi) is 5.62. The van der Waals surface area contributed by atoms with Crippen molar-refractivity contribution in [2.24, 2.45) is 0 Å². The van der Waals surface area contributed by atoms with Gasteiger partial charge in [-0.2, -0.15) is 0 Å². The Balaban J connectivity index is 2.82. The van der Waals surface area contributed by atoms with Crippen molar-refractivity contribution in [3.63, 3.8) is 0 Å². The predicted molar refractivity (Wildman–Crippen MR) is 76.4 cm³/mol. The fraction of sp³-hybridized carbons (Fsp3) is 0.538. The molecule has 4 nitrogen and oxygen atoms in total. The van der Waals surface area contributed by atoms with Gasteiger partial charge in [-0.1, -0.05) is 32.0 Å². The summed E-state index contributed by atoms with van der Waals surface area (Å²) in [5.74, 6) is 0. The largest absolute Gasteiger partial charge is 0.316 e. The first-order chi connectivity index (χ1) is 8.51. The van der Waals surface area contributed by atoms with Crippen LogP contribution in [0.15, 0.2) is 24.3 Å². The van der Waals surface area contributed by atoms with Gasteiger partial charge in [-0.3, -0.25) is 4.72 Å². The van der Waals surface area contributed by atoms with Crippen LogP contribution in [0.4, 0.5) is 5.69 Å². The minimum Gasteiger partial charge on any atom is -0.316 e. The molecule has 5 heteroatoms. The smallest absolute Gasteiger partial charge is 0.236 e. The summed E-state index contributed by atoms with van der Waals surface area (Å²) in [7, 11) is -3.33. The standard InChI is InChI=1S/C13H22N2O2S/c1-4-12-8-6-7-9-13(12)15-18(16,17)11(3)10-14-5-2/h6-9,11,14-15H,4-5,10H2,1-3H3. The van der Waals surface area contributed by atoms with E-state index >= 15 is 0 Å². The summed E-state index contributed by atoms with van der Waals surface area (Å²) in [4.78, 5) is 0. The van der Waals surface area contributed by atoms with Crippen molar-refractivity contribution in [1.29, 1.82) is 0 Å². The van der Waals surface area contributed by atoms with E-state index < -0.39 is 15.3 Å². The van der Waals surface area contributed by atoms with Gasteiger partial charge in [0.1, 0.15) is 0 Å². The summed E-state index contributed by atoms with van der Waals surface area (Å²) in [6.45, 7) is 6.90. The zero-order valence-electron chi connectivity index (χ0n) is 11.2. The lowest BCUT2D eigenvalue weighted by atomic mass is 10.1. The van der Waals surface area contributed by atoms with Gasteiger partial charge in [0, 0.05) is 6.54 Å². The van der Waals surface area contributed by atoms with Crippen molar-refractivity contribution in [2.75, 3.05) is 17.8 Å². The molecule has 1 rings (SSSR count). The number of para-hydroxylation sites is 1. The van der Waals surface area contributed by atoms with Gasteiger partial charge in [0.25, 0.3) is 0 Å². The lowest BCUT2D eigenvalue weighted by molar-refractivity contribution is 0.579. The Morgan fingerprint density at radius 2 is 1.89 bits per heavy atom. The van der Waals surface area contributed by atoms with E-state index in [4.69, 9.17) is 0 Å². The topological polar surface area (TPSA) is 58.2 Å². The fourth-order valence-electron chi connectivity index (χ4n) is 1.64. The second-order valence-electron chi connectivity index (χ2n) is 4.28. The van der Waals surface area contributed by atoms with Crippen molar-refractivity contribution >= 4 is 15.7 Å². The molecule has 1 aromatic rings. The van der Waals surface area contributed by atoms with Crippen LogP contribution in [0, 0.1) is 0 Å². The van der Waals surface area contributed by atoms with Gasteiger partial charge in [-0.15, -0.1) is 0 Å². The Hall–Kier alpha value is -1.07. The Morgan fingerprint density at radius 3 is 2.50 bits per heavy atom. The van der Waals surface area contributed by atoms with E-state index in [1.54, 1.807) is 13.0 Å². The maximum Gasteiger partial charge on any atom is 0.236 e. The van der Waals surface area contributed by atoms with Crippen LogP contribution in [0.5, 0.6) is 0 Å². The maximum atomic E-state index is 12.1. The van der Waals surface area contributed by atoms with E-state index in [-0.39, 0.29) is 0 Å². The molecule has 0 radical (unpaired) electrons. The molecule has 0 amide bonds. The van der Waals surface area contributed by atoms with Crippen molar-refractivity contribution in [3.05, 3.63) is 29.8 Å². The third-order valence-corrected chi connectivity index (χ3v) is 4.59. The first-order valence-corrected chi connectivity index (χ1v) is 7.86. The Bertz CT molecular complexity index is 472. The quantitative estimate of drug-likeness (QED) is 0.796. The molecule has 0 aromatic heterocycles. The molecule has 2 N–H and O–H groups in total. The van der Waals surface area contributed by atoms with E-state index in [0.717, 1.165) is 18.5 Å². The normalized spacial score (nSPS) is 13.3. The number of benzene rings is 1. The number of hydrogen-bond donors (Lipinski definition) is 2. The molecule has 0 saturated carbocycles. The Labute approximate surface area is 110 Å². The molecular formula is C13H22N2O2S. The van der Waals surface area contributed by atoms with Crippen molar-refractivity contribution in [3.8, 4) is 0 Å². The van der Waals surface area contributed by atoms with Crippen LogP contribution in [0.1, 0.15) is 26.3 Å². The maximum absolute atomic E-state index is 12.1. The van der Waals surface area contributed by atoms with E-state index in [2.05, 4.69) is 10.0 Å². The van der Waals surface area contributed by atoms with Crippen LogP contribution in [0.3, 0.4) is 0 Å². The van der Waals surface area contributed by atoms with E-state index in [0.29, 0.717) is 12.2 Å². The highest BCUT2D eigenvalue weighted by molar-refractivity contribution is 7.93. The van der Waals surface area contributed by atoms with E-state index in [9.17, 15) is 8.42 Å². The van der Waals surface area contributed by atoms with Crippen LogP contribution >= 0.6 is 0 Å². The van der Waals surface area contributed by atoms with Crippen molar-refractivity contribution in [2.45, 2.75) is 32.4 Å². The molecule has 0 saturated heterocycles. The lowest BCUT2D eigenvalue weighted by Gasteiger charge is -2.16. The van der Waals surface area contributed by atoms with E-state index in [1.807, 2.05) is 32.0 Å². The molecule has 0 fully saturated rings. The van der Waals surface area contributed by atoms with Crippen LogP contribution in [-0.2, 0) is 16.4 Å². The van der Waals surface area contributed by atoms with Crippen molar-refractivity contribution in [1.82, 2.24) is 5.32 Å².